The van der Waals surface area contributed by atoms with Crippen molar-refractivity contribution in [2.24, 2.45) is 0 Å². The second kappa shape index (κ2) is 13.4. The first-order valence-corrected chi connectivity index (χ1v) is 16.1. The maximum atomic E-state index is 13.5. The molecule has 3 aromatic carbocycles. The summed E-state index contributed by atoms with van der Waals surface area (Å²) in [7, 11) is -1.67. The van der Waals surface area contributed by atoms with Gasteiger partial charge in [-0.3, -0.25) is 0 Å². The molecule has 0 fully saturated rings. The predicted molar refractivity (Wildman–Crippen MR) is 168 cm³/mol. The SMILES string of the molecule is COc1cc2ncnc(Nc3ccc(OCc4cccc(F)c4)c(Cl)c3)c2cc1C1(COCCS(=O)(=O)C(C)C)CC=CO1. The number of nitrogens with zero attached hydrogens (tertiary/aromatic N) is 2. The van der Waals surface area contributed by atoms with Gasteiger partial charge in [-0.05, 0) is 61.9 Å². The molecule has 1 atom stereocenters. The van der Waals surface area contributed by atoms with Gasteiger partial charge in [-0.1, -0.05) is 23.7 Å². The number of hydrogen-bond donors (Lipinski definition) is 1. The molecule has 1 unspecified atom stereocenters. The number of nitrogens with one attached hydrogen (secondary N) is 1. The lowest BCUT2D eigenvalue weighted by atomic mass is 9.90. The summed E-state index contributed by atoms with van der Waals surface area (Å²) >= 11 is 6.52. The van der Waals surface area contributed by atoms with Crippen molar-refractivity contribution in [2.75, 3.05) is 31.4 Å². The smallest absolute Gasteiger partial charge is 0.163 e. The van der Waals surface area contributed by atoms with Gasteiger partial charge in [-0.2, -0.15) is 0 Å². The van der Waals surface area contributed by atoms with Crippen LogP contribution >= 0.6 is 11.6 Å². The number of hydrogen-bond acceptors (Lipinski definition) is 9. The topological polar surface area (TPSA) is 109 Å². The molecule has 1 aromatic heterocycles. The lowest BCUT2D eigenvalue weighted by molar-refractivity contribution is -0.0430. The molecule has 5 rings (SSSR count). The molecule has 1 aliphatic rings. The highest BCUT2D eigenvalue weighted by Gasteiger charge is 2.39. The minimum Gasteiger partial charge on any atom is -0.496 e. The van der Waals surface area contributed by atoms with Gasteiger partial charge in [0.15, 0.2) is 15.4 Å². The molecule has 0 amide bonds. The summed E-state index contributed by atoms with van der Waals surface area (Å²) in [5.41, 5.74) is 1.76. The molecular formula is C32H33ClFN3O6S. The van der Waals surface area contributed by atoms with Crippen LogP contribution in [0.1, 0.15) is 31.4 Å². The number of benzene rings is 3. The zero-order valence-electron chi connectivity index (χ0n) is 24.5. The van der Waals surface area contributed by atoms with Crippen molar-refractivity contribution in [2.45, 2.75) is 37.7 Å². The first-order chi connectivity index (χ1) is 21.1. The average molecular weight is 642 g/mol. The van der Waals surface area contributed by atoms with Crippen molar-refractivity contribution < 1.29 is 31.8 Å². The molecule has 0 radical (unpaired) electrons. The van der Waals surface area contributed by atoms with Gasteiger partial charge in [0.2, 0.25) is 0 Å². The second-order valence-electron chi connectivity index (χ2n) is 10.6. The molecule has 4 aromatic rings. The Morgan fingerprint density at radius 2 is 1.95 bits per heavy atom. The van der Waals surface area contributed by atoms with Crippen LogP contribution in [0.4, 0.5) is 15.9 Å². The molecule has 0 bridgehead atoms. The zero-order chi connectivity index (χ0) is 31.3. The van der Waals surface area contributed by atoms with E-state index in [1.807, 2.05) is 12.1 Å². The predicted octanol–water partition coefficient (Wildman–Crippen LogP) is 6.72. The highest BCUT2D eigenvalue weighted by atomic mass is 35.5. The molecule has 232 valence electrons. The van der Waals surface area contributed by atoms with E-state index in [2.05, 4.69) is 15.3 Å². The van der Waals surface area contributed by atoms with Crippen LogP contribution < -0.4 is 14.8 Å². The summed E-state index contributed by atoms with van der Waals surface area (Å²) < 4.78 is 61.6. The van der Waals surface area contributed by atoms with Gasteiger partial charge >= 0.3 is 0 Å². The maximum absolute atomic E-state index is 13.5. The van der Waals surface area contributed by atoms with Gasteiger partial charge in [-0.25, -0.2) is 22.8 Å². The molecule has 0 saturated carbocycles. The Morgan fingerprint density at radius 3 is 2.66 bits per heavy atom. The van der Waals surface area contributed by atoms with Crippen molar-refractivity contribution in [3.63, 3.8) is 0 Å². The van der Waals surface area contributed by atoms with Crippen LogP contribution in [0, 0.1) is 5.82 Å². The molecule has 0 spiro atoms. The Kier molecular flexibility index (Phi) is 9.57. The lowest BCUT2D eigenvalue weighted by Crippen LogP contribution is -2.33. The maximum Gasteiger partial charge on any atom is 0.163 e. The summed E-state index contributed by atoms with van der Waals surface area (Å²) in [6.45, 7) is 3.62. The number of methoxy groups -OCH3 is 1. The first-order valence-electron chi connectivity index (χ1n) is 14.0. The van der Waals surface area contributed by atoms with E-state index in [1.54, 1.807) is 63.6 Å². The normalized spacial score (nSPS) is 16.3. The Labute approximate surface area is 260 Å². The Bertz CT molecular complexity index is 1780. The lowest BCUT2D eigenvalue weighted by Gasteiger charge is -2.31. The van der Waals surface area contributed by atoms with Crippen molar-refractivity contribution in [1.29, 1.82) is 0 Å². The molecule has 2 heterocycles. The molecule has 44 heavy (non-hydrogen) atoms. The summed E-state index contributed by atoms with van der Waals surface area (Å²) in [4.78, 5) is 8.91. The minimum absolute atomic E-state index is 0.0418. The first kappa shape index (κ1) is 31.5. The van der Waals surface area contributed by atoms with E-state index in [0.29, 0.717) is 56.5 Å². The fourth-order valence-corrected chi connectivity index (χ4v) is 5.84. The Hall–Kier alpha value is -3.93. The van der Waals surface area contributed by atoms with Crippen LogP contribution in [0.5, 0.6) is 11.5 Å². The summed E-state index contributed by atoms with van der Waals surface area (Å²) in [5.74, 6) is 1.11. The third kappa shape index (κ3) is 7.06. The van der Waals surface area contributed by atoms with Crippen LogP contribution in [-0.4, -0.2) is 49.7 Å². The van der Waals surface area contributed by atoms with Crippen molar-refractivity contribution in [1.82, 2.24) is 9.97 Å². The van der Waals surface area contributed by atoms with Crippen LogP contribution in [0.15, 0.2) is 73.3 Å². The standard InChI is InChI=1S/C32H33ClFN3O6S/c1-21(2)44(38,39)13-12-41-19-32(10-5-11-43-32)26-16-25-28(17-30(26)40-3)35-20-36-31(25)37-24-8-9-29(27(33)15-24)42-18-22-6-4-7-23(34)14-22/h4-9,11,14-17,20-21H,10,12-13,18-19H2,1-3H3,(H,35,36,37). The van der Waals surface area contributed by atoms with E-state index in [1.165, 1.54) is 18.5 Å². The van der Waals surface area contributed by atoms with Gasteiger partial charge in [-0.15, -0.1) is 0 Å². The summed E-state index contributed by atoms with van der Waals surface area (Å²) in [5, 5.41) is 3.90. The van der Waals surface area contributed by atoms with E-state index in [4.69, 9.17) is 30.5 Å². The largest absolute Gasteiger partial charge is 0.496 e. The number of anilines is 2. The molecule has 1 N–H and O–H groups in total. The minimum atomic E-state index is -3.24. The molecule has 0 aliphatic carbocycles. The fraction of sp³-hybridized carbons (Fsp3) is 0.312. The number of ether oxygens (including phenoxy) is 4. The fourth-order valence-electron chi connectivity index (χ4n) is 4.79. The third-order valence-electron chi connectivity index (χ3n) is 7.33. The van der Waals surface area contributed by atoms with Crippen LogP contribution in [0.3, 0.4) is 0 Å². The molecule has 9 nitrogen and oxygen atoms in total. The monoisotopic (exact) mass is 641 g/mol. The number of fused-ring (bicyclic) bond motifs is 1. The highest BCUT2D eigenvalue weighted by Crippen LogP contribution is 2.43. The molecule has 12 heteroatoms. The van der Waals surface area contributed by atoms with Gasteiger partial charge in [0.1, 0.15) is 36.1 Å². The van der Waals surface area contributed by atoms with Gasteiger partial charge in [0, 0.05) is 29.1 Å². The van der Waals surface area contributed by atoms with Gasteiger partial charge in [0.05, 0.1) is 48.1 Å². The zero-order valence-corrected chi connectivity index (χ0v) is 26.1. The number of sulfone groups is 1. The van der Waals surface area contributed by atoms with Gasteiger partial charge in [0.25, 0.3) is 0 Å². The Morgan fingerprint density at radius 1 is 1.11 bits per heavy atom. The van der Waals surface area contributed by atoms with E-state index >= 15 is 0 Å². The van der Waals surface area contributed by atoms with Crippen LogP contribution in [-0.2, 0) is 31.5 Å². The second-order valence-corrected chi connectivity index (χ2v) is 13.7. The third-order valence-corrected chi connectivity index (χ3v) is 9.80. The van der Waals surface area contributed by atoms with Crippen molar-refractivity contribution in [3.8, 4) is 11.5 Å². The van der Waals surface area contributed by atoms with Crippen LogP contribution in [0.25, 0.3) is 10.9 Å². The van der Waals surface area contributed by atoms with E-state index in [0.717, 1.165) is 0 Å². The number of halogens is 2. The van der Waals surface area contributed by atoms with E-state index < -0.39 is 20.7 Å². The molecule has 1 aliphatic heterocycles. The number of aromatic nitrogens is 2. The van der Waals surface area contributed by atoms with Crippen molar-refractivity contribution >= 4 is 43.8 Å². The van der Waals surface area contributed by atoms with E-state index in [9.17, 15) is 12.8 Å². The molecular weight excluding hydrogens is 609 g/mol. The average Bonchev–Trinajstić information content (AvgIpc) is 3.48. The highest BCUT2D eigenvalue weighted by molar-refractivity contribution is 7.91. The number of rotatable bonds is 13. The van der Waals surface area contributed by atoms with Crippen LogP contribution in [0.2, 0.25) is 5.02 Å². The van der Waals surface area contributed by atoms with Crippen molar-refractivity contribution in [3.05, 3.63) is 95.2 Å². The summed E-state index contributed by atoms with van der Waals surface area (Å²) in [6, 6.07) is 15.1. The van der Waals surface area contributed by atoms with E-state index in [-0.39, 0.29) is 31.4 Å². The summed E-state index contributed by atoms with van der Waals surface area (Å²) in [6.07, 6.45) is 5.44. The van der Waals surface area contributed by atoms with Gasteiger partial charge < -0.3 is 24.3 Å². The molecule has 0 saturated heterocycles. The Balaban J connectivity index is 1.38. The quantitative estimate of drug-likeness (QED) is 0.159.